The van der Waals surface area contributed by atoms with Crippen molar-refractivity contribution < 1.29 is 0 Å². The molecule has 0 radical (unpaired) electrons. The van der Waals surface area contributed by atoms with E-state index in [4.69, 9.17) is 9.97 Å². The van der Waals surface area contributed by atoms with Crippen LogP contribution in [-0.2, 0) is 5.41 Å². The first-order valence-electron chi connectivity index (χ1n) is 19.6. The van der Waals surface area contributed by atoms with Crippen LogP contribution in [0.3, 0.4) is 0 Å². The maximum absolute atomic E-state index is 5.08. The maximum atomic E-state index is 5.08. The van der Waals surface area contributed by atoms with E-state index in [9.17, 15) is 0 Å². The molecule has 10 aromatic rings. The largest absolute Gasteiger partial charge is 0.292 e. The van der Waals surface area contributed by atoms with Crippen LogP contribution in [0.2, 0.25) is 0 Å². The minimum absolute atomic E-state index is 0.155. The normalized spacial score (nSPS) is 12.9. The fourth-order valence-corrected chi connectivity index (χ4v) is 8.84. The minimum Gasteiger partial charge on any atom is -0.292 e. The number of nitrogens with zero attached hydrogens (tertiary/aromatic N) is 4. The highest BCUT2D eigenvalue weighted by molar-refractivity contribution is 5.88. The molecule has 57 heavy (non-hydrogen) atoms. The van der Waals surface area contributed by atoms with E-state index >= 15 is 0 Å². The molecule has 0 unspecified atom stereocenters. The van der Waals surface area contributed by atoms with Crippen molar-refractivity contribution in [2.45, 2.75) is 19.3 Å². The Morgan fingerprint density at radius 3 is 1.12 bits per heavy atom. The monoisotopic (exact) mass is 730 g/mol. The first-order chi connectivity index (χ1) is 28.0. The number of aromatic nitrogens is 4. The predicted octanol–water partition coefficient (Wildman–Crippen LogP) is 13.3. The van der Waals surface area contributed by atoms with Gasteiger partial charge in [0.25, 0.3) is 0 Å². The number of hydrogen-bond donors (Lipinski definition) is 0. The fourth-order valence-electron chi connectivity index (χ4n) is 8.84. The van der Waals surface area contributed by atoms with Gasteiger partial charge >= 0.3 is 0 Å². The highest BCUT2D eigenvalue weighted by Crippen LogP contribution is 2.51. The van der Waals surface area contributed by atoms with Crippen molar-refractivity contribution in [2.24, 2.45) is 0 Å². The Morgan fingerprint density at radius 1 is 0.351 bits per heavy atom. The van der Waals surface area contributed by atoms with Crippen molar-refractivity contribution in [1.29, 1.82) is 0 Å². The fraction of sp³-hybridized carbons (Fsp3) is 0.0566. The second kappa shape index (κ2) is 12.9. The summed E-state index contributed by atoms with van der Waals surface area (Å²) in [6.07, 6.45) is 0. The van der Waals surface area contributed by atoms with Crippen molar-refractivity contribution in [1.82, 2.24) is 19.1 Å². The van der Waals surface area contributed by atoms with E-state index in [1.165, 1.54) is 44.5 Å². The average Bonchev–Trinajstić information content (AvgIpc) is 3.92. The van der Waals surface area contributed by atoms with Gasteiger partial charge in [0.1, 0.15) is 11.6 Å². The molecular weight excluding hydrogens is 693 g/mol. The third kappa shape index (κ3) is 5.37. The lowest BCUT2D eigenvalue weighted by molar-refractivity contribution is 0.661. The summed E-state index contributed by atoms with van der Waals surface area (Å²) in [4.78, 5) is 10.2. The van der Waals surface area contributed by atoms with Crippen LogP contribution in [-0.4, -0.2) is 19.1 Å². The summed E-state index contributed by atoms with van der Waals surface area (Å²) in [5.41, 5.74) is 18.6. The Kier molecular flexibility index (Phi) is 7.48. The molecule has 0 N–H and O–H groups in total. The van der Waals surface area contributed by atoms with Crippen molar-refractivity contribution in [3.63, 3.8) is 0 Å². The quantitative estimate of drug-likeness (QED) is 0.171. The minimum atomic E-state index is -0.155. The Balaban J connectivity index is 0.900. The molecule has 2 heterocycles. The average molecular weight is 731 g/mol. The molecule has 0 atom stereocenters. The zero-order valence-electron chi connectivity index (χ0n) is 31.8. The van der Waals surface area contributed by atoms with Crippen LogP contribution in [0.25, 0.3) is 89.6 Å². The van der Waals surface area contributed by atoms with E-state index in [1.54, 1.807) is 0 Å². The number of para-hydroxylation sites is 6. The molecule has 0 bridgehead atoms. The smallest absolute Gasteiger partial charge is 0.145 e. The summed E-state index contributed by atoms with van der Waals surface area (Å²) in [6.45, 7) is 4.72. The topological polar surface area (TPSA) is 35.6 Å². The number of hydrogen-bond acceptors (Lipinski definition) is 2. The number of benzene rings is 8. The van der Waals surface area contributed by atoms with Gasteiger partial charge in [-0.25, -0.2) is 9.97 Å². The van der Waals surface area contributed by atoms with Crippen LogP contribution in [0.4, 0.5) is 0 Å². The first-order valence-corrected chi connectivity index (χ1v) is 19.6. The summed E-state index contributed by atoms with van der Waals surface area (Å²) >= 11 is 0. The van der Waals surface area contributed by atoms with E-state index in [1.807, 2.05) is 0 Å². The van der Waals surface area contributed by atoms with Crippen LogP contribution in [0, 0.1) is 0 Å². The lowest BCUT2D eigenvalue weighted by atomic mass is 9.81. The van der Waals surface area contributed by atoms with Crippen molar-refractivity contribution in [2.75, 3.05) is 0 Å². The van der Waals surface area contributed by atoms with Crippen molar-refractivity contribution >= 4 is 22.1 Å². The van der Waals surface area contributed by atoms with Crippen LogP contribution < -0.4 is 0 Å². The Hall–Kier alpha value is -7.30. The zero-order chi connectivity index (χ0) is 38.1. The molecule has 0 aliphatic heterocycles. The summed E-state index contributed by atoms with van der Waals surface area (Å²) in [6, 6.07) is 69.4. The molecule has 270 valence electrons. The summed E-state index contributed by atoms with van der Waals surface area (Å²) < 4.78 is 4.51. The number of fused-ring (bicyclic) bond motifs is 5. The summed E-state index contributed by atoms with van der Waals surface area (Å²) in [5.74, 6) is 1.88. The SMILES string of the molecule is CC1(C)c2cc(-c3ccc(-c4nc5ccccc5n4-c4ccccc4)cc3)ccc2-c2ccc(-c3ccc(-c4nc5ccccc5n4-c4ccccc4)cc3)cc21. The molecule has 0 amide bonds. The molecular formula is C53H38N4. The van der Waals surface area contributed by atoms with Gasteiger partial charge in [0.2, 0.25) is 0 Å². The molecule has 0 spiro atoms. The van der Waals surface area contributed by atoms with E-state index in [-0.39, 0.29) is 5.41 Å². The molecule has 8 aromatic carbocycles. The van der Waals surface area contributed by atoms with Gasteiger partial charge in [-0.1, -0.05) is 147 Å². The molecule has 0 fully saturated rings. The van der Waals surface area contributed by atoms with E-state index in [0.717, 1.165) is 56.2 Å². The first kappa shape index (κ1) is 33.1. The lowest BCUT2D eigenvalue weighted by Gasteiger charge is -2.22. The van der Waals surface area contributed by atoms with Gasteiger partial charge in [0, 0.05) is 27.9 Å². The second-order valence-electron chi connectivity index (χ2n) is 15.5. The Bertz CT molecular complexity index is 2900. The molecule has 4 heteroatoms. The van der Waals surface area contributed by atoms with Gasteiger partial charge < -0.3 is 0 Å². The van der Waals surface area contributed by atoms with Crippen molar-refractivity contribution in [3.8, 4) is 67.5 Å². The van der Waals surface area contributed by atoms with Gasteiger partial charge in [0.05, 0.1) is 22.1 Å². The molecule has 1 aliphatic rings. The zero-order valence-corrected chi connectivity index (χ0v) is 31.8. The van der Waals surface area contributed by atoms with Crippen LogP contribution >= 0.6 is 0 Å². The highest BCUT2D eigenvalue weighted by atomic mass is 15.1. The Labute approximate surface area is 332 Å². The molecule has 4 nitrogen and oxygen atoms in total. The summed E-state index contributed by atoms with van der Waals surface area (Å²) in [5, 5.41) is 0. The van der Waals surface area contributed by atoms with Gasteiger partial charge in [0.15, 0.2) is 0 Å². The van der Waals surface area contributed by atoms with E-state index < -0.39 is 0 Å². The highest BCUT2D eigenvalue weighted by Gasteiger charge is 2.36. The van der Waals surface area contributed by atoms with E-state index in [2.05, 4.69) is 217 Å². The molecule has 1 aliphatic carbocycles. The van der Waals surface area contributed by atoms with E-state index in [0.29, 0.717) is 0 Å². The summed E-state index contributed by atoms with van der Waals surface area (Å²) in [7, 11) is 0. The van der Waals surface area contributed by atoms with Gasteiger partial charge in [-0.05, 0) is 105 Å². The van der Waals surface area contributed by atoms with Gasteiger partial charge in [-0.2, -0.15) is 0 Å². The van der Waals surface area contributed by atoms with Crippen molar-refractivity contribution in [3.05, 3.63) is 205 Å². The van der Waals surface area contributed by atoms with Crippen LogP contribution in [0.5, 0.6) is 0 Å². The number of rotatable bonds is 6. The second-order valence-corrected chi connectivity index (χ2v) is 15.5. The lowest BCUT2D eigenvalue weighted by Crippen LogP contribution is -2.15. The van der Waals surface area contributed by atoms with Crippen LogP contribution in [0.15, 0.2) is 194 Å². The van der Waals surface area contributed by atoms with Gasteiger partial charge in [-0.15, -0.1) is 0 Å². The molecule has 2 aromatic heterocycles. The molecule has 0 saturated carbocycles. The Morgan fingerprint density at radius 2 is 0.702 bits per heavy atom. The predicted molar refractivity (Wildman–Crippen MR) is 235 cm³/mol. The third-order valence-electron chi connectivity index (χ3n) is 11.8. The molecule has 0 saturated heterocycles. The molecule has 11 rings (SSSR count). The van der Waals surface area contributed by atoms with Crippen LogP contribution in [0.1, 0.15) is 25.0 Å². The maximum Gasteiger partial charge on any atom is 0.145 e. The standard InChI is InChI=1S/C53H38N4/c1-53(2)45-33-39(35-21-25-37(26-22-35)51-54-47-17-9-11-19-49(47)56(51)41-13-5-3-6-14-41)29-31-43(45)44-32-30-40(34-46(44)53)36-23-27-38(28-24-36)52-55-48-18-10-12-20-50(48)57(52)42-15-7-4-8-16-42/h3-34H,1-2H3. The number of imidazole rings is 2. The third-order valence-corrected chi connectivity index (χ3v) is 11.8. The van der Waals surface area contributed by atoms with Gasteiger partial charge in [-0.3, -0.25) is 9.13 Å².